The van der Waals surface area contributed by atoms with Crippen molar-refractivity contribution in [2.24, 2.45) is 5.73 Å². The lowest BCUT2D eigenvalue weighted by atomic mass is 9.99. The first-order valence-corrected chi connectivity index (χ1v) is 10.3. The van der Waals surface area contributed by atoms with E-state index in [0.29, 0.717) is 23.6 Å². The number of pyridine rings is 1. The molecule has 3 amide bonds. The van der Waals surface area contributed by atoms with Crippen LogP contribution in [0.4, 0.5) is 14.9 Å². The average Bonchev–Trinajstić information content (AvgIpc) is 2.99. The minimum absolute atomic E-state index is 0.0303. The molecule has 0 saturated carbocycles. The highest BCUT2D eigenvalue weighted by Crippen LogP contribution is 2.37. The molecule has 2 saturated heterocycles. The number of fused-ring (bicyclic) bond motifs is 2. The average molecular weight is 449 g/mol. The quantitative estimate of drug-likeness (QED) is 0.704. The fourth-order valence-electron chi connectivity index (χ4n) is 4.30. The van der Waals surface area contributed by atoms with E-state index in [4.69, 9.17) is 26.8 Å². The van der Waals surface area contributed by atoms with Gasteiger partial charge in [0.05, 0.1) is 5.02 Å². The maximum Gasteiger partial charge on any atom is 0.316 e. The molecular formula is C21H22ClFN4O4. The van der Waals surface area contributed by atoms with Crippen molar-refractivity contribution in [1.82, 2.24) is 9.88 Å². The number of rotatable bonds is 6. The van der Waals surface area contributed by atoms with Crippen LogP contribution in [0.3, 0.4) is 0 Å². The summed E-state index contributed by atoms with van der Waals surface area (Å²) in [4.78, 5) is 29.9. The Morgan fingerprint density at radius 3 is 2.55 bits per heavy atom. The number of nitrogens with two attached hydrogens (primary N) is 1. The smallest absolute Gasteiger partial charge is 0.316 e. The van der Waals surface area contributed by atoms with Gasteiger partial charge in [0.15, 0.2) is 6.61 Å². The summed E-state index contributed by atoms with van der Waals surface area (Å²) in [5.74, 6) is 0.224. The van der Waals surface area contributed by atoms with Gasteiger partial charge in [-0.1, -0.05) is 11.6 Å². The lowest BCUT2D eigenvalue weighted by molar-refractivity contribution is -0.139. The summed E-state index contributed by atoms with van der Waals surface area (Å²) in [7, 11) is 0. The number of urea groups is 1. The summed E-state index contributed by atoms with van der Waals surface area (Å²) in [6.07, 6.45) is 4.52. The van der Waals surface area contributed by atoms with E-state index < -0.39 is 6.03 Å². The molecule has 164 valence electrons. The summed E-state index contributed by atoms with van der Waals surface area (Å²) >= 11 is 5.89. The highest BCUT2D eigenvalue weighted by atomic mass is 35.5. The second kappa shape index (κ2) is 8.97. The first-order chi connectivity index (χ1) is 14.9. The fourth-order valence-corrected chi connectivity index (χ4v) is 4.46. The number of ether oxygens (including phenoxy) is 2. The zero-order valence-corrected chi connectivity index (χ0v) is 17.3. The van der Waals surface area contributed by atoms with E-state index in [1.165, 1.54) is 24.4 Å². The zero-order chi connectivity index (χ0) is 22.0. The molecule has 1 aromatic heterocycles. The van der Waals surface area contributed by atoms with Crippen molar-refractivity contribution in [2.45, 2.75) is 43.9 Å². The Bertz CT molecular complexity index is 960. The third-order valence-corrected chi connectivity index (χ3v) is 5.71. The number of primary amides is 1. The summed E-state index contributed by atoms with van der Waals surface area (Å²) in [6.45, 7) is -0.224. The van der Waals surface area contributed by atoms with E-state index >= 15 is 0 Å². The number of amides is 3. The highest BCUT2D eigenvalue weighted by molar-refractivity contribution is 6.30. The Morgan fingerprint density at radius 1 is 1.23 bits per heavy atom. The molecule has 2 aromatic rings. The van der Waals surface area contributed by atoms with Crippen LogP contribution in [0.2, 0.25) is 5.02 Å². The van der Waals surface area contributed by atoms with Crippen LogP contribution in [-0.2, 0) is 4.79 Å². The molecule has 2 aliphatic rings. The predicted molar refractivity (Wildman–Crippen MR) is 112 cm³/mol. The molecule has 4 rings (SSSR count). The second-order valence-corrected chi connectivity index (χ2v) is 8.07. The number of anilines is 1. The first-order valence-electron chi connectivity index (χ1n) is 9.97. The van der Waals surface area contributed by atoms with Crippen LogP contribution in [0, 0.1) is 5.82 Å². The number of piperidine rings is 1. The van der Waals surface area contributed by atoms with Crippen LogP contribution in [0.25, 0.3) is 0 Å². The van der Waals surface area contributed by atoms with Crippen molar-refractivity contribution in [2.75, 3.05) is 11.9 Å². The van der Waals surface area contributed by atoms with Gasteiger partial charge in [-0.25, -0.2) is 14.2 Å². The number of hydrogen-bond donors (Lipinski definition) is 2. The van der Waals surface area contributed by atoms with Crippen molar-refractivity contribution in [3.05, 3.63) is 47.4 Å². The summed E-state index contributed by atoms with van der Waals surface area (Å²) in [5.41, 5.74) is 5.35. The molecule has 1 aromatic carbocycles. The molecule has 2 aliphatic heterocycles. The number of nitrogens with zero attached hydrogens (tertiary/aromatic N) is 2. The van der Waals surface area contributed by atoms with Gasteiger partial charge in [-0.05, 0) is 43.2 Å². The molecule has 0 aliphatic carbocycles. The third kappa shape index (κ3) is 4.99. The molecule has 0 spiro atoms. The maximum absolute atomic E-state index is 13.1. The highest BCUT2D eigenvalue weighted by Gasteiger charge is 2.44. The summed E-state index contributed by atoms with van der Waals surface area (Å²) in [5, 5.41) is 2.68. The van der Waals surface area contributed by atoms with E-state index in [-0.39, 0.29) is 48.1 Å². The number of carbonyl (C=O) groups is 2. The van der Waals surface area contributed by atoms with Gasteiger partial charge in [-0.2, -0.15) is 0 Å². The van der Waals surface area contributed by atoms with E-state index in [2.05, 4.69) is 10.3 Å². The summed E-state index contributed by atoms with van der Waals surface area (Å²) in [6, 6.07) is 6.72. The maximum atomic E-state index is 13.1. The molecule has 1 unspecified atom stereocenters. The third-order valence-electron chi connectivity index (χ3n) is 5.50. The molecule has 0 radical (unpaired) electrons. The number of hydrogen-bond acceptors (Lipinski definition) is 5. The van der Waals surface area contributed by atoms with E-state index in [1.807, 2.05) is 4.90 Å². The largest absolute Gasteiger partial charge is 0.490 e. The Labute approximate surface area is 183 Å². The molecule has 31 heavy (non-hydrogen) atoms. The van der Waals surface area contributed by atoms with E-state index in [1.54, 1.807) is 12.1 Å². The Morgan fingerprint density at radius 2 is 1.90 bits per heavy atom. The van der Waals surface area contributed by atoms with Crippen LogP contribution in [0.15, 0.2) is 36.5 Å². The molecule has 8 nitrogen and oxygen atoms in total. The fraction of sp³-hybridized carbons (Fsp3) is 0.381. The van der Waals surface area contributed by atoms with Crippen LogP contribution in [0.5, 0.6) is 11.6 Å². The van der Waals surface area contributed by atoms with Crippen LogP contribution < -0.4 is 20.5 Å². The van der Waals surface area contributed by atoms with Crippen LogP contribution in [-0.4, -0.2) is 46.6 Å². The monoisotopic (exact) mass is 448 g/mol. The van der Waals surface area contributed by atoms with Crippen LogP contribution >= 0.6 is 11.6 Å². The number of benzene rings is 1. The Balaban J connectivity index is 1.36. The van der Waals surface area contributed by atoms with Crippen molar-refractivity contribution < 1.29 is 23.5 Å². The SMILES string of the molecule is NC(=O)Nc1cc(Cl)cnc1OCC(=O)N1[C@@H]2CC[C@H]1CC(Oc1ccc(F)cc1)C2. The number of nitrogens with one attached hydrogen (secondary N) is 1. The lowest BCUT2D eigenvalue weighted by Crippen LogP contribution is -2.50. The second-order valence-electron chi connectivity index (χ2n) is 7.64. The van der Waals surface area contributed by atoms with Gasteiger partial charge in [0, 0.05) is 31.1 Å². The standard InChI is InChI=1S/C21H22ClFN4O4/c22-12-7-18(26-21(24)29)20(25-10-12)30-11-19(28)27-14-3-4-15(27)9-17(8-14)31-16-5-1-13(23)2-6-16/h1-2,5-7,10,14-15,17H,3-4,8-9,11H2,(H3,24,26,29)/t14-,15+,17?. The van der Waals surface area contributed by atoms with Gasteiger partial charge < -0.3 is 25.4 Å². The van der Waals surface area contributed by atoms with Crippen molar-refractivity contribution >= 4 is 29.2 Å². The minimum Gasteiger partial charge on any atom is -0.490 e. The molecular weight excluding hydrogens is 427 g/mol. The zero-order valence-electron chi connectivity index (χ0n) is 16.6. The van der Waals surface area contributed by atoms with Gasteiger partial charge in [0.25, 0.3) is 5.91 Å². The van der Waals surface area contributed by atoms with Crippen molar-refractivity contribution in [1.29, 1.82) is 0 Å². The molecule has 2 bridgehead atoms. The van der Waals surface area contributed by atoms with E-state index in [9.17, 15) is 14.0 Å². The molecule has 3 atom stereocenters. The van der Waals surface area contributed by atoms with Gasteiger partial charge in [0.2, 0.25) is 5.88 Å². The van der Waals surface area contributed by atoms with Gasteiger partial charge in [-0.15, -0.1) is 0 Å². The normalized spacial score (nSPS) is 22.1. The van der Waals surface area contributed by atoms with Gasteiger partial charge in [0.1, 0.15) is 23.4 Å². The summed E-state index contributed by atoms with van der Waals surface area (Å²) < 4.78 is 24.7. The topological polar surface area (TPSA) is 107 Å². The number of halogens is 2. The molecule has 10 heteroatoms. The Kier molecular flexibility index (Phi) is 6.13. The lowest BCUT2D eigenvalue weighted by Gasteiger charge is -2.38. The number of aromatic nitrogens is 1. The molecule has 3 heterocycles. The predicted octanol–water partition coefficient (Wildman–Crippen LogP) is 3.34. The molecule has 3 N–H and O–H groups in total. The number of carbonyl (C=O) groups excluding carboxylic acids is 2. The minimum atomic E-state index is -0.790. The van der Waals surface area contributed by atoms with E-state index in [0.717, 1.165) is 12.8 Å². The van der Waals surface area contributed by atoms with Gasteiger partial charge in [-0.3, -0.25) is 4.79 Å². The first kappa shape index (κ1) is 21.2. The molecule has 2 fully saturated rings. The Hall–Kier alpha value is -3.07. The van der Waals surface area contributed by atoms with Gasteiger partial charge >= 0.3 is 6.03 Å². The van der Waals surface area contributed by atoms with Crippen molar-refractivity contribution in [3.8, 4) is 11.6 Å². The van der Waals surface area contributed by atoms with Crippen molar-refractivity contribution in [3.63, 3.8) is 0 Å². The van der Waals surface area contributed by atoms with Crippen LogP contribution in [0.1, 0.15) is 25.7 Å².